The molecule has 1 aromatic carbocycles. The molecule has 1 aliphatic carbocycles. The van der Waals surface area contributed by atoms with Gasteiger partial charge in [0.2, 0.25) is 0 Å². The van der Waals surface area contributed by atoms with Crippen molar-refractivity contribution in [2.45, 2.75) is 38.1 Å². The number of aromatic nitrogens is 2. The fraction of sp³-hybridized carbons (Fsp3) is 0.500. The zero-order valence-electron chi connectivity index (χ0n) is 17.7. The third kappa shape index (κ3) is 3.61. The first-order valence-electron chi connectivity index (χ1n) is 10.5. The maximum absolute atomic E-state index is 8.62. The Morgan fingerprint density at radius 1 is 1.27 bits per heavy atom. The van der Waals surface area contributed by atoms with Gasteiger partial charge in [-0.1, -0.05) is 30.2 Å². The Bertz CT molecular complexity index is 950. The van der Waals surface area contributed by atoms with Crippen LogP contribution in [0.4, 0.5) is 17.3 Å². The Morgan fingerprint density at radius 2 is 2.00 bits per heavy atom. The number of halogens is 1. The lowest BCUT2D eigenvalue weighted by atomic mass is 9.74. The summed E-state index contributed by atoms with van der Waals surface area (Å²) in [6.45, 7) is 1.82. The second kappa shape index (κ2) is 8.04. The van der Waals surface area contributed by atoms with Gasteiger partial charge in [-0.25, -0.2) is 9.97 Å². The van der Waals surface area contributed by atoms with E-state index in [1.165, 1.54) is 12.8 Å². The van der Waals surface area contributed by atoms with Gasteiger partial charge < -0.3 is 21.3 Å². The quantitative estimate of drug-likeness (QED) is 0.646. The smallest absolute Gasteiger partial charge is 0.154 e. The normalized spacial score (nSPS) is 20.5. The topological polar surface area (TPSA) is 108 Å². The highest BCUT2D eigenvalue weighted by atomic mass is 35.5. The Kier molecular flexibility index (Phi) is 5.59. The van der Waals surface area contributed by atoms with Crippen LogP contribution in [0.3, 0.4) is 0 Å². The standard InChI is InChI=1S/C22H30ClN7/c1-29(2)15-6-3-5-14(18(15)23)19(25)20-21(26)28-17(13-27-20)30-11-9-22(10-12-30)8-4-7-16(22)24/h3,5-6,13,16,25H,4,7-12,24H2,1-2H3,(H2,26,28)/t16-/m1/s1. The maximum atomic E-state index is 8.62. The highest BCUT2D eigenvalue weighted by Crippen LogP contribution is 2.45. The third-order valence-electron chi connectivity index (χ3n) is 6.81. The Labute approximate surface area is 182 Å². The molecule has 1 spiro atoms. The molecule has 0 radical (unpaired) electrons. The molecule has 0 bridgehead atoms. The maximum Gasteiger partial charge on any atom is 0.154 e. The van der Waals surface area contributed by atoms with Crippen molar-refractivity contribution in [1.82, 2.24) is 9.97 Å². The predicted molar refractivity (Wildman–Crippen MR) is 124 cm³/mol. The first-order chi connectivity index (χ1) is 14.3. The molecule has 1 saturated carbocycles. The number of rotatable bonds is 4. The molecule has 0 amide bonds. The Balaban J connectivity index is 1.53. The van der Waals surface area contributed by atoms with Crippen LogP contribution in [-0.2, 0) is 0 Å². The zero-order chi connectivity index (χ0) is 21.5. The van der Waals surface area contributed by atoms with E-state index < -0.39 is 0 Å². The van der Waals surface area contributed by atoms with E-state index >= 15 is 0 Å². The first-order valence-corrected chi connectivity index (χ1v) is 10.9. The van der Waals surface area contributed by atoms with E-state index in [0.29, 0.717) is 27.7 Å². The van der Waals surface area contributed by atoms with Gasteiger partial charge in [-0.3, -0.25) is 5.41 Å². The monoisotopic (exact) mass is 427 g/mol. The van der Waals surface area contributed by atoms with Gasteiger partial charge in [-0.15, -0.1) is 0 Å². The molecule has 2 aromatic rings. The van der Waals surface area contributed by atoms with Crippen LogP contribution in [0.1, 0.15) is 43.4 Å². The molecular weight excluding hydrogens is 398 g/mol. The number of piperidine rings is 1. The largest absolute Gasteiger partial charge is 0.382 e. The van der Waals surface area contributed by atoms with Crippen LogP contribution in [0.15, 0.2) is 24.4 Å². The molecule has 1 aromatic heterocycles. The third-order valence-corrected chi connectivity index (χ3v) is 7.21. The van der Waals surface area contributed by atoms with E-state index in [1.54, 1.807) is 6.20 Å². The lowest BCUT2D eigenvalue weighted by molar-refractivity contribution is 0.197. The molecule has 4 rings (SSSR count). The molecule has 160 valence electrons. The molecule has 30 heavy (non-hydrogen) atoms. The zero-order valence-corrected chi connectivity index (χ0v) is 18.4. The van der Waals surface area contributed by atoms with E-state index in [-0.39, 0.29) is 11.5 Å². The summed E-state index contributed by atoms with van der Waals surface area (Å²) in [5, 5.41) is 9.13. The summed E-state index contributed by atoms with van der Waals surface area (Å²) in [5.74, 6) is 1.01. The predicted octanol–water partition coefficient (Wildman–Crippen LogP) is 3.29. The van der Waals surface area contributed by atoms with Crippen molar-refractivity contribution < 1.29 is 0 Å². The van der Waals surface area contributed by atoms with Crippen molar-refractivity contribution in [2.24, 2.45) is 11.1 Å². The molecule has 2 fully saturated rings. The van der Waals surface area contributed by atoms with Gasteiger partial charge in [0.15, 0.2) is 5.82 Å². The highest BCUT2D eigenvalue weighted by molar-refractivity contribution is 6.37. The summed E-state index contributed by atoms with van der Waals surface area (Å²) in [6.07, 6.45) is 7.50. The van der Waals surface area contributed by atoms with Crippen LogP contribution < -0.4 is 21.3 Å². The van der Waals surface area contributed by atoms with E-state index in [2.05, 4.69) is 14.9 Å². The minimum absolute atomic E-state index is 0.176. The minimum atomic E-state index is 0.176. The van der Waals surface area contributed by atoms with Gasteiger partial charge in [0.25, 0.3) is 0 Å². The number of benzene rings is 1. The number of hydrogen-bond acceptors (Lipinski definition) is 7. The van der Waals surface area contributed by atoms with Crippen molar-refractivity contribution in [3.8, 4) is 0 Å². The van der Waals surface area contributed by atoms with Gasteiger partial charge >= 0.3 is 0 Å². The molecule has 1 atom stereocenters. The van der Waals surface area contributed by atoms with Gasteiger partial charge in [-0.05, 0) is 37.2 Å². The number of nitrogen functional groups attached to an aromatic ring is 1. The van der Waals surface area contributed by atoms with Gasteiger partial charge in [0.1, 0.15) is 11.5 Å². The van der Waals surface area contributed by atoms with Crippen molar-refractivity contribution >= 4 is 34.6 Å². The minimum Gasteiger partial charge on any atom is -0.382 e. The second-order valence-electron chi connectivity index (χ2n) is 8.72. The van der Waals surface area contributed by atoms with Crippen LogP contribution in [0.2, 0.25) is 5.02 Å². The van der Waals surface area contributed by atoms with E-state index in [0.717, 1.165) is 43.9 Å². The number of nitrogens with zero attached hydrogens (tertiary/aromatic N) is 4. The molecule has 5 N–H and O–H groups in total. The van der Waals surface area contributed by atoms with Crippen molar-refractivity contribution in [3.63, 3.8) is 0 Å². The molecular formula is C22H30ClN7. The van der Waals surface area contributed by atoms with Crippen molar-refractivity contribution in [2.75, 3.05) is 42.7 Å². The first kappa shape index (κ1) is 20.9. The number of anilines is 3. The van der Waals surface area contributed by atoms with Crippen molar-refractivity contribution in [3.05, 3.63) is 40.7 Å². The fourth-order valence-corrected chi connectivity index (χ4v) is 5.28. The average molecular weight is 428 g/mol. The van der Waals surface area contributed by atoms with Gasteiger partial charge in [0.05, 0.1) is 22.6 Å². The molecule has 2 aliphatic rings. The van der Waals surface area contributed by atoms with Crippen LogP contribution in [0.25, 0.3) is 0 Å². The Morgan fingerprint density at radius 3 is 2.60 bits per heavy atom. The van der Waals surface area contributed by atoms with Crippen LogP contribution in [-0.4, -0.2) is 48.9 Å². The van der Waals surface area contributed by atoms with E-state index in [9.17, 15) is 0 Å². The molecule has 8 heteroatoms. The SMILES string of the molecule is CN(C)c1cccc(C(=N)c2ncc(N3CCC4(CCC[C@H]4N)CC3)nc2N)c1Cl. The van der Waals surface area contributed by atoms with Crippen LogP contribution in [0.5, 0.6) is 0 Å². The summed E-state index contributed by atoms with van der Waals surface area (Å²) < 4.78 is 0. The van der Waals surface area contributed by atoms with Gasteiger partial charge in [0, 0.05) is 38.8 Å². The highest BCUT2D eigenvalue weighted by Gasteiger charge is 2.43. The van der Waals surface area contributed by atoms with Gasteiger partial charge in [-0.2, -0.15) is 0 Å². The van der Waals surface area contributed by atoms with Crippen LogP contribution >= 0.6 is 11.6 Å². The molecule has 0 unspecified atom stereocenters. The number of nitrogens with two attached hydrogens (primary N) is 2. The summed E-state index contributed by atoms with van der Waals surface area (Å²) >= 11 is 6.53. The summed E-state index contributed by atoms with van der Waals surface area (Å²) in [5.41, 5.74) is 14.9. The molecule has 7 nitrogen and oxygen atoms in total. The number of nitrogens with one attached hydrogen (secondary N) is 1. The van der Waals surface area contributed by atoms with E-state index in [4.69, 9.17) is 28.5 Å². The summed E-state index contributed by atoms with van der Waals surface area (Å²) in [6, 6.07) is 5.92. The fourth-order valence-electron chi connectivity index (χ4n) is 4.89. The lowest BCUT2D eigenvalue weighted by Gasteiger charge is -2.42. The molecule has 2 heterocycles. The summed E-state index contributed by atoms with van der Waals surface area (Å²) in [7, 11) is 3.83. The second-order valence-corrected chi connectivity index (χ2v) is 9.10. The van der Waals surface area contributed by atoms with E-state index in [1.807, 2.05) is 37.2 Å². The molecule has 1 saturated heterocycles. The van der Waals surface area contributed by atoms with Crippen molar-refractivity contribution in [1.29, 1.82) is 5.41 Å². The molecule has 1 aliphatic heterocycles. The lowest BCUT2D eigenvalue weighted by Crippen LogP contribution is -2.47. The summed E-state index contributed by atoms with van der Waals surface area (Å²) in [4.78, 5) is 13.2. The average Bonchev–Trinajstić information content (AvgIpc) is 3.07. The van der Waals surface area contributed by atoms with Crippen LogP contribution in [0, 0.1) is 10.8 Å². The Hall–Kier alpha value is -2.38. The number of hydrogen-bond donors (Lipinski definition) is 3.